The normalized spacial score (nSPS) is 15.3. The van der Waals surface area contributed by atoms with Gasteiger partial charge in [-0.1, -0.05) is 136 Å². The number of benzene rings is 7. The maximum atomic E-state index is 2.58. The van der Waals surface area contributed by atoms with E-state index in [4.69, 9.17) is 0 Å². The number of nitrogens with zero attached hydrogens (tertiary/aromatic N) is 2. The molecule has 0 N–H and O–H groups in total. The van der Waals surface area contributed by atoms with Crippen molar-refractivity contribution in [1.82, 2.24) is 0 Å². The van der Waals surface area contributed by atoms with Gasteiger partial charge < -0.3 is 9.80 Å². The molecule has 0 bridgehead atoms. The van der Waals surface area contributed by atoms with Crippen LogP contribution in [0.3, 0.4) is 0 Å². The Bertz CT molecular complexity index is 2440. The van der Waals surface area contributed by atoms with Gasteiger partial charge in [0.05, 0.1) is 0 Å². The molecule has 0 amide bonds. The van der Waals surface area contributed by atoms with E-state index in [-0.39, 0.29) is 17.5 Å². The summed E-state index contributed by atoms with van der Waals surface area (Å²) in [7, 11) is 0. The van der Waals surface area contributed by atoms with Crippen molar-refractivity contribution in [2.45, 2.75) is 38.5 Å². The summed E-state index contributed by atoms with van der Waals surface area (Å²) < 4.78 is 0. The van der Waals surface area contributed by atoms with Crippen LogP contribution in [-0.2, 0) is 10.8 Å². The van der Waals surface area contributed by atoms with Crippen LogP contribution in [0.4, 0.5) is 34.1 Å². The third kappa shape index (κ3) is 4.24. The molecule has 0 spiro atoms. The highest BCUT2D eigenvalue weighted by Crippen LogP contribution is 2.53. The zero-order valence-electron chi connectivity index (χ0n) is 29.6. The van der Waals surface area contributed by atoms with Crippen LogP contribution in [0, 0.1) is 0 Å². The summed E-state index contributed by atoms with van der Waals surface area (Å²) >= 11 is 0. The van der Waals surface area contributed by atoms with E-state index in [0.29, 0.717) is 0 Å². The zero-order chi connectivity index (χ0) is 34.5. The van der Waals surface area contributed by atoms with Crippen molar-refractivity contribution in [3.05, 3.63) is 186 Å². The second kappa shape index (κ2) is 10.9. The van der Waals surface area contributed by atoms with Crippen LogP contribution in [0.5, 0.6) is 0 Å². The lowest BCUT2D eigenvalue weighted by atomic mass is 9.30. The minimum absolute atomic E-state index is 0.107. The molecule has 51 heavy (non-hydrogen) atoms. The SMILES string of the molecule is CC1(C)c2cc(N(c3ccccc3)c3ccccc3)ccc2-c2cc3c(cc21)B1c2ccccc2C(C)(C)c2cccc(c21)N3c1ccccc1. The summed E-state index contributed by atoms with van der Waals surface area (Å²) in [5.41, 5.74) is 19.4. The largest absolute Gasteiger partial charge is 0.311 e. The van der Waals surface area contributed by atoms with Gasteiger partial charge >= 0.3 is 0 Å². The molecular formula is C48H39BN2. The van der Waals surface area contributed by atoms with Gasteiger partial charge in [-0.2, -0.15) is 0 Å². The molecule has 7 aromatic rings. The monoisotopic (exact) mass is 654 g/mol. The predicted molar refractivity (Wildman–Crippen MR) is 217 cm³/mol. The molecular weight excluding hydrogens is 615 g/mol. The fraction of sp³-hybridized carbons (Fsp3) is 0.125. The number of fused-ring (bicyclic) bond motifs is 7. The molecule has 244 valence electrons. The molecule has 3 heteroatoms. The summed E-state index contributed by atoms with van der Waals surface area (Å²) in [6, 6.07) is 60.7. The Morgan fingerprint density at radius 2 is 1.02 bits per heavy atom. The van der Waals surface area contributed by atoms with Crippen LogP contribution in [0.1, 0.15) is 49.9 Å². The number of anilines is 6. The molecule has 1 aliphatic carbocycles. The first-order valence-corrected chi connectivity index (χ1v) is 18.2. The lowest BCUT2D eigenvalue weighted by molar-refractivity contribution is 0.646. The molecule has 0 saturated heterocycles. The summed E-state index contributed by atoms with van der Waals surface area (Å²) in [5.74, 6) is 0. The van der Waals surface area contributed by atoms with Crippen molar-refractivity contribution in [3.63, 3.8) is 0 Å². The van der Waals surface area contributed by atoms with Crippen LogP contribution >= 0.6 is 0 Å². The highest BCUT2D eigenvalue weighted by molar-refractivity contribution is 6.99. The third-order valence-corrected chi connectivity index (χ3v) is 11.9. The average molecular weight is 655 g/mol. The first kappa shape index (κ1) is 30.1. The minimum Gasteiger partial charge on any atom is -0.311 e. The standard InChI is InChI=1S/C48H39BN2/c1-47(2)38-23-14-15-25-42(38)49-43-31-41-37(30-45(43)51(34-21-12-7-13-22-34)44-26-16-24-39(47)46(44)49)36-28-27-35(29-40(36)48(41,3)4)50(32-17-8-5-9-18-32)33-19-10-6-11-20-33/h5-31H,1-4H3. The molecule has 2 aliphatic heterocycles. The fourth-order valence-corrected chi connectivity index (χ4v) is 9.46. The Morgan fingerprint density at radius 3 is 1.73 bits per heavy atom. The number of para-hydroxylation sites is 3. The zero-order valence-corrected chi connectivity index (χ0v) is 29.6. The number of hydrogen-bond acceptors (Lipinski definition) is 2. The summed E-state index contributed by atoms with van der Waals surface area (Å²) in [5, 5.41) is 0. The molecule has 2 nitrogen and oxygen atoms in total. The molecule has 0 radical (unpaired) electrons. The molecule has 2 heterocycles. The van der Waals surface area contributed by atoms with E-state index in [1.54, 1.807) is 0 Å². The summed E-state index contributed by atoms with van der Waals surface area (Å²) in [4.78, 5) is 4.90. The van der Waals surface area contributed by atoms with Gasteiger partial charge in [0.15, 0.2) is 0 Å². The Kier molecular flexibility index (Phi) is 6.40. The molecule has 0 fully saturated rings. The smallest absolute Gasteiger partial charge is 0.247 e. The van der Waals surface area contributed by atoms with E-state index in [1.807, 2.05) is 0 Å². The van der Waals surface area contributed by atoms with Gasteiger partial charge in [-0.25, -0.2) is 0 Å². The Hall–Kier alpha value is -5.80. The summed E-state index contributed by atoms with van der Waals surface area (Å²) in [6.45, 7) is 9.78. The molecule has 0 atom stereocenters. The van der Waals surface area contributed by atoms with Crippen LogP contribution in [0.25, 0.3) is 11.1 Å². The Balaban J connectivity index is 1.21. The van der Waals surface area contributed by atoms with E-state index in [1.165, 1.54) is 72.5 Å². The van der Waals surface area contributed by atoms with E-state index < -0.39 is 0 Å². The van der Waals surface area contributed by atoms with Crippen LogP contribution in [-0.4, -0.2) is 6.71 Å². The summed E-state index contributed by atoms with van der Waals surface area (Å²) in [6.07, 6.45) is 0. The van der Waals surface area contributed by atoms with Gasteiger partial charge in [-0.05, 0) is 105 Å². The molecule has 3 aliphatic rings. The third-order valence-electron chi connectivity index (χ3n) is 11.9. The highest BCUT2D eigenvalue weighted by Gasteiger charge is 2.47. The number of rotatable bonds is 4. The van der Waals surface area contributed by atoms with Crippen molar-refractivity contribution in [3.8, 4) is 11.1 Å². The van der Waals surface area contributed by atoms with E-state index in [2.05, 4.69) is 201 Å². The predicted octanol–water partition coefficient (Wildman–Crippen LogP) is 10.4. The maximum absolute atomic E-state index is 2.58. The van der Waals surface area contributed by atoms with Gasteiger partial charge in [-0.15, -0.1) is 0 Å². The lowest BCUT2D eigenvalue weighted by Crippen LogP contribution is -2.64. The molecule has 7 aromatic carbocycles. The number of hydrogen-bond donors (Lipinski definition) is 0. The average Bonchev–Trinajstić information content (AvgIpc) is 3.38. The first-order chi connectivity index (χ1) is 24.8. The first-order valence-electron chi connectivity index (χ1n) is 18.2. The lowest BCUT2D eigenvalue weighted by Gasteiger charge is -2.45. The molecule has 0 saturated carbocycles. The Morgan fingerprint density at radius 1 is 0.431 bits per heavy atom. The van der Waals surface area contributed by atoms with Crippen LogP contribution in [0.15, 0.2) is 164 Å². The highest BCUT2D eigenvalue weighted by atomic mass is 15.2. The van der Waals surface area contributed by atoms with Crippen molar-refractivity contribution in [2.75, 3.05) is 9.80 Å². The quantitative estimate of drug-likeness (QED) is 0.174. The van der Waals surface area contributed by atoms with Crippen molar-refractivity contribution < 1.29 is 0 Å². The second-order valence-electron chi connectivity index (χ2n) is 15.4. The van der Waals surface area contributed by atoms with Gasteiger partial charge in [-0.3, -0.25) is 0 Å². The maximum Gasteiger partial charge on any atom is 0.247 e. The van der Waals surface area contributed by atoms with Crippen molar-refractivity contribution >= 4 is 57.2 Å². The van der Waals surface area contributed by atoms with Gasteiger partial charge in [0.1, 0.15) is 0 Å². The van der Waals surface area contributed by atoms with Crippen molar-refractivity contribution in [1.29, 1.82) is 0 Å². The van der Waals surface area contributed by atoms with Crippen LogP contribution < -0.4 is 26.2 Å². The Labute approximate surface area is 301 Å². The second-order valence-corrected chi connectivity index (χ2v) is 15.4. The van der Waals surface area contributed by atoms with Gasteiger partial charge in [0.25, 0.3) is 0 Å². The minimum atomic E-state index is -0.195. The van der Waals surface area contributed by atoms with Crippen molar-refractivity contribution in [2.24, 2.45) is 0 Å². The van der Waals surface area contributed by atoms with E-state index in [0.717, 1.165) is 11.4 Å². The van der Waals surface area contributed by atoms with E-state index in [9.17, 15) is 0 Å². The van der Waals surface area contributed by atoms with Crippen LogP contribution in [0.2, 0.25) is 0 Å². The molecule has 10 rings (SSSR count). The topological polar surface area (TPSA) is 6.48 Å². The van der Waals surface area contributed by atoms with Gasteiger partial charge in [0, 0.05) is 45.0 Å². The van der Waals surface area contributed by atoms with E-state index >= 15 is 0 Å². The fourth-order valence-electron chi connectivity index (χ4n) is 9.46. The van der Waals surface area contributed by atoms with Gasteiger partial charge in [0.2, 0.25) is 6.71 Å². The molecule has 0 unspecified atom stereocenters. The molecule has 0 aromatic heterocycles.